The van der Waals surface area contributed by atoms with Crippen molar-refractivity contribution >= 4 is 5.91 Å². The highest BCUT2D eigenvalue weighted by Crippen LogP contribution is 2.25. The lowest BCUT2D eigenvalue weighted by Gasteiger charge is -2.19. The van der Waals surface area contributed by atoms with E-state index in [0.29, 0.717) is 30.6 Å². The minimum atomic E-state index is -0.141. The first-order valence-corrected chi connectivity index (χ1v) is 7.48. The van der Waals surface area contributed by atoms with Gasteiger partial charge in [-0.3, -0.25) is 4.79 Å². The van der Waals surface area contributed by atoms with Crippen LogP contribution in [0.5, 0.6) is 11.5 Å². The molecule has 0 radical (unpaired) electrons. The van der Waals surface area contributed by atoms with Crippen molar-refractivity contribution in [3.63, 3.8) is 0 Å². The lowest BCUT2D eigenvalue weighted by Crippen LogP contribution is -2.37. The highest BCUT2D eigenvalue weighted by atomic mass is 16.5. The molecule has 0 spiro atoms. The summed E-state index contributed by atoms with van der Waals surface area (Å²) in [6.45, 7) is 3.85. The lowest BCUT2D eigenvalue weighted by atomic mass is 10.1. The Hall–Kier alpha value is -1.79. The van der Waals surface area contributed by atoms with E-state index in [0.717, 1.165) is 19.7 Å². The number of likely N-dealkylation sites (N-methyl/N-ethyl adjacent to an activating group) is 1. The molecule has 0 aliphatic carbocycles. The molecule has 0 aromatic heterocycles. The first kappa shape index (κ1) is 16.6. The third-order valence-corrected chi connectivity index (χ3v) is 3.56. The number of hydrogen-bond donors (Lipinski definition) is 1. The van der Waals surface area contributed by atoms with Crippen LogP contribution in [-0.4, -0.2) is 64.4 Å². The van der Waals surface area contributed by atoms with Crippen LogP contribution < -0.4 is 14.8 Å². The largest absolute Gasteiger partial charge is 0.493 e. The summed E-state index contributed by atoms with van der Waals surface area (Å²) >= 11 is 0. The number of methoxy groups -OCH3 is 1. The molecule has 2 rings (SSSR count). The van der Waals surface area contributed by atoms with Gasteiger partial charge in [-0.15, -0.1) is 0 Å². The highest BCUT2D eigenvalue weighted by molar-refractivity contribution is 5.77. The number of hydrogen-bond acceptors (Lipinski definition) is 5. The molecular weight excluding hydrogens is 284 g/mol. The fraction of sp³-hybridized carbons (Fsp3) is 0.562. The van der Waals surface area contributed by atoms with Crippen molar-refractivity contribution in [1.82, 2.24) is 10.2 Å². The number of para-hydroxylation sites is 2. The number of amides is 1. The number of ether oxygens (including phenoxy) is 3. The molecule has 1 heterocycles. The molecule has 122 valence electrons. The van der Waals surface area contributed by atoms with Gasteiger partial charge in [0.15, 0.2) is 18.1 Å². The average Bonchev–Trinajstić information content (AvgIpc) is 2.75. The summed E-state index contributed by atoms with van der Waals surface area (Å²) < 4.78 is 16.2. The maximum Gasteiger partial charge on any atom is 0.257 e. The second kappa shape index (κ2) is 8.60. The first-order valence-electron chi connectivity index (χ1n) is 7.48. The van der Waals surface area contributed by atoms with Gasteiger partial charge in [-0.2, -0.15) is 0 Å². The Labute approximate surface area is 131 Å². The highest BCUT2D eigenvalue weighted by Gasteiger charge is 2.17. The van der Waals surface area contributed by atoms with Crippen molar-refractivity contribution < 1.29 is 19.0 Å². The van der Waals surface area contributed by atoms with Crippen LogP contribution in [0.15, 0.2) is 24.3 Å². The van der Waals surface area contributed by atoms with Crippen molar-refractivity contribution in [2.45, 2.75) is 0 Å². The zero-order valence-corrected chi connectivity index (χ0v) is 13.2. The van der Waals surface area contributed by atoms with E-state index in [2.05, 4.69) is 17.3 Å². The fourth-order valence-electron chi connectivity index (χ4n) is 2.37. The number of carbonyl (C=O) groups is 1. The molecule has 1 aromatic rings. The minimum absolute atomic E-state index is 0.0240. The molecule has 1 aromatic carbocycles. The quantitative estimate of drug-likeness (QED) is 0.841. The van der Waals surface area contributed by atoms with E-state index in [9.17, 15) is 4.79 Å². The molecule has 1 aliphatic heterocycles. The van der Waals surface area contributed by atoms with Gasteiger partial charge < -0.3 is 24.4 Å². The molecule has 0 saturated carbocycles. The van der Waals surface area contributed by atoms with Crippen LogP contribution in [0.4, 0.5) is 0 Å². The Morgan fingerprint density at radius 3 is 2.95 bits per heavy atom. The van der Waals surface area contributed by atoms with Crippen LogP contribution >= 0.6 is 0 Å². The second-order valence-electron chi connectivity index (χ2n) is 5.45. The van der Waals surface area contributed by atoms with Gasteiger partial charge in [0.05, 0.1) is 20.3 Å². The summed E-state index contributed by atoms with van der Waals surface area (Å²) in [5.74, 6) is 1.35. The molecular formula is C16H24N2O4. The molecule has 1 fully saturated rings. The Balaban J connectivity index is 1.73. The number of nitrogens with one attached hydrogen (secondary N) is 1. The Morgan fingerprint density at radius 1 is 1.41 bits per heavy atom. The van der Waals surface area contributed by atoms with E-state index >= 15 is 0 Å². The number of benzene rings is 1. The Morgan fingerprint density at radius 2 is 2.18 bits per heavy atom. The van der Waals surface area contributed by atoms with Gasteiger partial charge >= 0.3 is 0 Å². The molecule has 6 nitrogen and oxygen atoms in total. The van der Waals surface area contributed by atoms with Crippen molar-refractivity contribution in [1.29, 1.82) is 0 Å². The maximum atomic E-state index is 11.9. The molecule has 0 bridgehead atoms. The van der Waals surface area contributed by atoms with Gasteiger partial charge in [0.2, 0.25) is 0 Å². The molecule has 6 heteroatoms. The number of carbonyl (C=O) groups excluding carboxylic acids is 1. The topological polar surface area (TPSA) is 60.0 Å². The van der Waals surface area contributed by atoms with Crippen LogP contribution in [-0.2, 0) is 9.53 Å². The maximum absolute atomic E-state index is 11.9. The van der Waals surface area contributed by atoms with E-state index in [1.165, 1.54) is 0 Å². The zero-order chi connectivity index (χ0) is 15.8. The van der Waals surface area contributed by atoms with Gasteiger partial charge in [-0.05, 0) is 19.2 Å². The normalized spacial score (nSPS) is 19.3. The summed E-state index contributed by atoms with van der Waals surface area (Å²) in [4.78, 5) is 14.1. The number of nitrogens with zero attached hydrogens (tertiary/aromatic N) is 1. The Bertz CT molecular complexity index is 481. The summed E-state index contributed by atoms with van der Waals surface area (Å²) in [6.07, 6.45) is 0. The lowest BCUT2D eigenvalue weighted by molar-refractivity contribution is -0.123. The van der Waals surface area contributed by atoms with E-state index in [1.807, 2.05) is 12.1 Å². The van der Waals surface area contributed by atoms with Crippen molar-refractivity contribution in [3.05, 3.63) is 24.3 Å². The second-order valence-corrected chi connectivity index (χ2v) is 5.45. The van der Waals surface area contributed by atoms with Crippen LogP contribution in [0.3, 0.4) is 0 Å². The van der Waals surface area contributed by atoms with Gasteiger partial charge in [0.1, 0.15) is 0 Å². The average molecular weight is 308 g/mol. The van der Waals surface area contributed by atoms with Crippen molar-refractivity contribution in [2.75, 3.05) is 53.6 Å². The summed E-state index contributed by atoms with van der Waals surface area (Å²) in [7, 11) is 3.64. The molecule has 1 N–H and O–H groups in total. The van der Waals surface area contributed by atoms with Crippen LogP contribution in [0, 0.1) is 5.92 Å². The van der Waals surface area contributed by atoms with E-state index in [4.69, 9.17) is 14.2 Å². The standard InChI is InChI=1S/C16H24N2O4/c1-18-7-8-21-11-13(10-18)9-17-16(19)12-22-15-6-4-3-5-14(15)20-2/h3-6,13H,7-12H2,1-2H3,(H,17,19)/t13-/m0/s1. The molecule has 0 unspecified atom stereocenters. The third kappa shape index (κ3) is 5.20. The fourth-order valence-corrected chi connectivity index (χ4v) is 2.37. The predicted molar refractivity (Wildman–Crippen MR) is 83.3 cm³/mol. The third-order valence-electron chi connectivity index (χ3n) is 3.56. The Kier molecular flexibility index (Phi) is 6.48. The molecule has 1 atom stereocenters. The summed E-state index contributed by atoms with van der Waals surface area (Å²) in [6, 6.07) is 7.27. The smallest absolute Gasteiger partial charge is 0.257 e. The van der Waals surface area contributed by atoms with Crippen molar-refractivity contribution in [2.24, 2.45) is 5.92 Å². The van der Waals surface area contributed by atoms with Crippen LogP contribution in [0.2, 0.25) is 0 Å². The van der Waals surface area contributed by atoms with Crippen molar-refractivity contribution in [3.8, 4) is 11.5 Å². The van der Waals surface area contributed by atoms with E-state index in [1.54, 1.807) is 19.2 Å². The van der Waals surface area contributed by atoms with Gasteiger partial charge in [0.25, 0.3) is 5.91 Å². The van der Waals surface area contributed by atoms with Gasteiger partial charge in [0, 0.05) is 25.6 Å². The predicted octanol–water partition coefficient (Wildman–Crippen LogP) is 0.768. The van der Waals surface area contributed by atoms with Crippen LogP contribution in [0.1, 0.15) is 0 Å². The van der Waals surface area contributed by atoms with Gasteiger partial charge in [-0.1, -0.05) is 12.1 Å². The SMILES string of the molecule is COc1ccccc1OCC(=O)NC[C@@H]1COCCN(C)C1. The molecule has 22 heavy (non-hydrogen) atoms. The minimum Gasteiger partial charge on any atom is -0.493 e. The van der Waals surface area contributed by atoms with Gasteiger partial charge in [-0.25, -0.2) is 0 Å². The van der Waals surface area contributed by atoms with Crippen LogP contribution in [0.25, 0.3) is 0 Å². The first-order chi connectivity index (χ1) is 10.7. The van der Waals surface area contributed by atoms with E-state index in [-0.39, 0.29) is 12.5 Å². The molecule has 1 aliphatic rings. The van der Waals surface area contributed by atoms with E-state index < -0.39 is 0 Å². The molecule has 1 amide bonds. The zero-order valence-electron chi connectivity index (χ0n) is 13.2. The number of rotatable bonds is 6. The summed E-state index contributed by atoms with van der Waals surface area (Å²) in [5, 5.41) is 2.90. The monoisotopic (exact) mass is 308 g/mol. The summed E-state index contributed by atoms with van der Waals surface area (Å²) in [5.41, 5.74) is 0. The molecule has 1 saturated heterocycles.